The quantitative estimate of drug-likeness (QED) is 0.176. The van der Waals surface area contributed by atoms with Crippen molar-refractivity contribution in [1.82, 2.24) is 9.97 Å². The van der Waals surface area contributed by atoms with Crippen LogP contribution >= 0.6 is 0 Å². The standard InChI is InChI=1S/C49H30N2O/c1-3-16-31(17-4-1)44-47-45(43-39-26-9-7-22-35(39)36-23-8-10-27-40(36)46(43)52-47)51-48(50-44)32-18-15-21-34(30-32)49(33-19-5-2-6-20-33)41-28-13-11-24-37(41)38-25-12-14-29-42(38)49/h1-30H. The van der Waals surface area contributed by atoms with Gasteiger partial charge >= 0.3 is 0 Å². The fourth-order valence-corrected chi connectivity index (χ4v) is 8.79. The van der Waals surface area contributed by atoms with E-state index in [2.05, 4.69) is 176 Å². The van der Waals surface area contributed by atoms with Crippen LogP contribution in [0.3, 0.4) is 0 Å². The van der Waals surface area contributed by atoms with Gasteiger partial charge in [0.2, 0.25) is 0 Å². The molecule has 2 heterocycles. The topological polar surface area (TPSA) is 38.9 Å². The second-order valence-electron chi connectivity index (χ2n) is 13.6. The zero-order chi connectivity index (χ0) is 34.2. The van der Waals surface area contributed by atoms with E-state index < -0.39 is 5.41 Å². The van der Waals surface area contributed by atoms with Gasteiger partial charge in [-0.2, -0.15) is 0 Å². The Morgan fingerprint density at radius 1 is 0.404 bits per heavy atom. The number of furan rings is 1. The molecule has 10 aromatic rings. The fraction of sp³-hybridized carbons (Fsp3) is 0.0204. The minimum atomic E-state index is -0.520. The number of nitrogens with zero attached hydrogens (tertiary/aromatic N) is 2. The molecule has 0 saturated carbocycles. The van der Waals surface area contributed by atoms with E-state index in [0.717, 1.165) is 49.5 Å². The molecule has 8 aromatic carbocycles. The SMILES string of the molecule is c1ccc(-c2nc(-c3cccc(C4(c5ccccc5)c5ccccc5-c5ccccc54)c3)nc3c2oc2c4ccccc4c4ccccc4c32)cc1. The molecule has 242 valence electrons. The van der Waals surface area contributed by atoms with Crippen LogP contribution in [0.15, 0.2) is 186 Å². The molecule has 0 saturated heterocycles. The summed E-state index contributed by atoms with van der Waals surface area (Å²) in [4.78, 5) is 10.8. The third-order valence-electron chi connectivity index (χ3n) is 11.0. The van der Waals surface area contributed by atoms with E-state index in [4.69, 9.17) is 14.4 Å². The Bertz CT molecular complexity index is 2970. The van der Waals surface area contributed by atoms with Gasteiger partial charge in [0.15, 0.2) is 11.4 Å². The Morgan fingerprint density at radius 2 is 0.942 bits per heavy atom. The van der Waals surface area contributed by atoms with Crippen LogP contribution in [0.4, 0.5) is 0 Å². The van der Waals surface area contributed by atoms with Crippen molar-refractivity contribution in [1.29, 1.82) is 0 Å². The van der Waals surface area contributed by atoms with Gasteiger partial charge in [-0.1, -0.05) is 176 Å². The van der Waals surface area contributed by atoms with Crippen LogP contribution in [0.2, 0.25) is 0 Å². The number of fused-ring (bicyclic) bond motifs is 11. The molecule has 11 rings (SSSR count). The van der Waals surface area contributed by atoms with Gasteiger partial charge in [-0.25, -0.2) is 9.97 Å². The fourth-order valence-electron chi connectivity index (χ4n) is 8.79. The van der Waals surface area contributed by atoms with Crippen molar-refractivity contribution < 1.29 is 4.42 Å². The minimum absolute atomic E-state index is 0.520. The molecule has 0 bridgehead atoms. The van der Waals surface area contributed by atoms with E-state index in [1.807, 2.05) is 6.07 Å². The summed E-state index contributed by atoms with van der Waals surface area (Å²) < 4.78 is 6.88. The predicted octanol–water partition coefficient (Wildman–Crippen LogP) is 12.4. The van der Waals surface area contributed by atoms with Gasteiger partial charge < -0.3 is 4.42 Å². The summed E-state index contributed by atoms with van der Waals surface area (Å²) in [6.45, 7) is 0. The molecule has 0 N–H and O–H groups in total. The van der Waals surface area contributed by atoms with Crippen molar-refractivity contribution >= 4 is 43.6 Å². The summed E-state index contributed by atoms with van der Waals surface area (Å²) in [7, 11) is 0. The molecule has 0 atom stereocenters. The van der Waals surface area contributed by atoms with Crippen molar-refractivity contribution in [3.63, 3.8) is 0 Å². The summed E-state index contributed by atoms with van der Waals surface area (Å²) in [6, 6.07) is 64.9. The number of hydrogen-bond acceptors (Lipinski definition) is 3. The maximum atomic E-state index is 6.88. The third kappa shape index (κ3) is 3.96. The molecule has 3 nitrogen and oxygen atoms in total. The molecule has 1 aliphatic rings. The van der Waals surface area contributed by atoms with Crippen LogP contribution in [-0.4, -0.2) is 9.97 Å². The van der Waals surface area contributed by atoms with Crippen molar-refractivity contribution in [3.8, 4) is 33.8 Å². The first-order valence-corrected chi connectivity index (χ1v) is 17.8. The average molecular weight is 663 g/mol. The van der Waals surface area contributed by atoms with Gasteiger partial charge in [-0.05, 0) is 55.6 Å². The molecule has 2 aromatic heterocycles. The monoisotopic (exact) mass is 662 g/mol. The molecule has 52 heavy (non-hydrogen) atoms. The Morgan fingerprint density at radius 3 is 1.65 bits per heavy atom. The summed E-state index contributed by atoms with van der Waals surface area (Å²) in [5, 5.41) is 5.55. The Kier molecular flexibility index (Phi) is 6.17. The Hall–Kier alpha value is -6.84. The molecular formula is C49H30N2O. The smallest absolute Gasteiger partial charge is 0.180 e. The maximum Gasteiger partial charge on any atom is 0.180 e. The average Bonchev–Trinajstić information content (AvgIpc) is 3.76. The van der Waals surface area contributed by atoms with Crippen LogP contribution in [0, 0.1) is 0 Å². The van der Waals surface area contributed by atoms with Crippen LogP contribution in [0.5, 0.6) is 0 Å². The molecule has 0 radical (unpaired) electrons. The van der Waals surface area contributed by atoms with Crippen molar-refractivity contribution in [2.45, 2.75) is 5.41 Å². The lowest BCUT2D eigenvalue weighted by atomic mass is 9.67. The van der Waals surface area contributed by atoms with Crippen LogP contribution in [0.25, 0.3) is 77.4 Å². The normalized spacial score (nSPS) is 13.2. The first-order chi connectivity index (χ1) is 25.8. The van der Waals surface area contributed by atoms with Crippen LogP contribution in [-0.2, 0) is 5.41 Å². The second-order valence-corrected chi connectivity index (χ2v) is 13.6. The molecule has 3 heteroatoms. The van der Waals surface area contributed by atoms with Gasteiger partial charge in [-0.3, -0.25) is 0 Å². The lowest BCUT2D eigenvalue weighted by Crippen LogP contribution is -2.28. The molecule has 1 aliphatic carbocycles. The van der Waals surface area contributed by atoms with Gasteiger partial charge in [0.05, 0.1) is 10.8 Å². The van der Waals surface area contributed by atoms with Crippen molar-refractivity contribution in [2.24, 2.45) is 0 Å². The first-order valence-electron chi connectivity index (χ1n) is 17.8. The van der Waals surface area contributed by atoms with E-state index in [9.17, 15) is 0 Å². The highest BCUT2D eigenvalue weighted by Crippen LogP contribution is 2.56. The second kappa shape index (κ2) is 11.1. The van der Waals surface area contributed by atoms with Crippen molar-refractivity contribution in [3.05, 3.63) is 204 Å². The molecule has 0 amide bonds. The third-order valence-corrected chi connectivity index (χ3v) is 11.0. The predicted molar refractivity (Wildman–Crippen MR) is 212 cm³/mol. The number of aromatic nitrogens is 2. The Balaban J connectivity index is 1.23. The molecule has 0 fully saturated rings. The summed E-state index contributed by atoms with van der Waals surface area (Å²) in [5.74, 6) is 0.663. The minimum Gasteiger partial charge on any atom is -0.451 e. The maximum absolute atomic E-state index is 6.88. The van der Waals surface area contributed by atoms with Crippen molar-refractivity contribution in [2.75, 3.05) is 0 Å². The largest absolute Gasteiger partial charge is 0.451 e. The first kappa shape index (κ1) is 28.9. The van der Waals surface area contributed by atoms with Gasteiger partial charge in [0, 0.05) is 16.5 Å². The highest BCUT2D eigenvalue weighted by molar-refractivity contribution is 6.30. The Labute approximate surface area is 300 Å². The number of rotatable bonds is 4. The number of hydrogen-bond donors (Lipinski definition) is 0. The summed E-state index contributed by atoms with van der Waals surface area (Å²) in [5.41, 5.74) is 12.0. The summed E-state index contributed by atoms with van der Waals surface area (Å²) in [6.07, 6.45) is 0. The zero-order valence-electron chi connectivity index (χ0n) is 28.1. The van der Waals surface area contributed by atoms with E-state index in [-0.39, 0.29) is 0 Å². The van der Waals surface area contributed by atoms with Gasteiger partial charge in [-0.15, -0.1) is 0 Å². The van der Waals surface area contributed by atoms with E-state index in [1.54, 1.807) is 0 Å². The van der Waals surface area contributed by atoms with E-state index >= 15 is 0 Å². The zero-order valence-corrected chi connectivity index (χ0v) is 28.1. The lowest BCUT2D eigenvalue weighted by molar-refractivity contribution is 0.671. The van der Waals surface area contributed by atoms with Gasteiger partial charge in [0.1, 0.15) is 16.8 Å². The molecule has 0 aliphatic heterocycles. The van der Waals surface area contributed by atoms with E-state index in [0.29, 0.717) is 11.4 Å². The molecule has 0 unspecified atom stereocenters. The molecular weight excluding hydrogens is 633 g/mol. The van der Waals surface area contributed by atoms with E-state index in [1.165, 1.54) is 38.8 Å². The highest BCUT2D eigenvalue weighted by atomic mass is 16.3. The highest BCUT2D eigenvalue weighted by Gasteiger charge is 2.46. The van der Waals surface area contributed by atoms with Gasteiger partial charge in [0.25, 0.3) is 0 Å². The number of benzene rings is 8. The lowest BCUT2D eigenvalue weighted by Gasteiger charge is -2.34. The summed E-state index contributed by atoms with van der Waals surface area (Å²) >= 11 is 0. The molecule has 0 spiro atoms. The van der Waals surface area contributed by atoms with Crippen LogP contribution < -0.4 is 0 Å². The van der Waals surface area contributed by atoms with Crippen LogP contribution in [0.1, 0.15) is 22.3 Å².